The SMILES string of the molecule is CN1CCN(Cc2ccc(NC(=O)c3ccc(Cl)c(-c4nc(-c5cccnc5)no4)c3)cc2C(F)(F)F)CC1. The van der Waals surface area contributed by atoms with Gasteiger partial charge < -0.3 is 14.7 Å². The van der Waals surface area contributed by atoms with Crippen LogP contribution < -0.4 is 5.32 Å². The Kier molecular flexibility index (Phi) is 7.65. The lowest BCUT2D eigenvalue weighted by atomic mass is 10.0. The minimum absolute atomic E-state index is 0.0302. The van der Waals surface area contributed by atoms with Gasteiger partial charge in [0.05, 0.1) is 16.1 Å². The highest BCUT2D eigenvalue weighted by molar-refractivity contribution is 6.33. The van der Waals surface area contributed by atoms with E-state index < -0.39 is 17.6 Å². The fourth-order valence-electron chi connectivity index (χ4n) is 4.28. The van der Waals surface area contributed by atoms with Crippen LogP contribution >= 0.6 is 11.6 Å². The van der Waals surface area contributed by atoms with E-state index in [9.17, 15) is 18.0 Å². The Balaban J connectivity index is 1.35. The summed E-state index contributed by atoms with van der Waals surface area (Å²) < 4.78 is 47.1. The lowest BCUT2D eigenvalue weighted by Gasteiger charge is -2.33. The molecular weight excluding hydrogens is 533 g/mol. The summed E-state index contributed by atoms with van der Waals surface area (Å²) >= 11 is 6.32. The molecule has 8 nitrogen and oxygen atoms in total. The van der Waals surface area contributed by atoms with Gasteiger partial charge in [-0.3, -0.25) is 14.7 Å². The number of amides is 1. The Morgan fingerprint density at radius 3 is 2.62 bits per heavy atom. The second kappa shape index (κ2) is 11.1. The number of carbonyl (C=O) groups excluding carboxylic acids is 1. The van der Waals surface area contributed by atoms with Crippen LogP contribution in [0.1, 0.15) is 21.5 Å². The third-order valence-electron chi connectivity index (χ3n) is 6.47. The number of piperazine rings is 1. The number of alkyl halides is 3. The van der Waals surface area contributed by atoms with E-state index in [1.54, 1.807) is 24.5 Å². The fraction of sp³-hybridized carbons (Fsp3) is 0.259. The lowest BCUT2D eigenvalue weighted by molar-refractivity contribution is -0.138. The Labute approximate surface area is 227 Å². The van der Waals surface area contributed by atoms with Crippen LogP contribution in [-0.4, -0.2) is 64.1 Å². The van der Waals surface area contributed by atoms with E-state index in [1.807, 2.05) is 11.9 Å². The molecule has 5 rings (SSSR count). The average Bonchev–Trinajstić information content (AvgIpc) is 3.41. The molecule has 12 heteroatoms. The van der Waals surface area contributed by atoms with Gasteiger partial charge in [0.2, 0.25) is 5.82 Å². The maximum Gasteiger partial charge on any atom is 0.416 e. The van der Waals surface area contributed by atoms with Gasteiger partial charge >= 0.3 is 6.18 Å². The van der Waals surface area contributed by atoms with Gasteiger partial charge in [-0.1, -0.05) is 22.8 Å². The predicted octanol–water partition coefficient (Wildman–Crippen LogP) is 5.47. The number of anilines is 1. The van der Waals surface area contributed by atoms with E-state index in [0.717, 1.165) is 19.2 Å². The molecule has 2 aromatic heterocycles. The largest absolute Gasteiger partial charge is 0.416 e. The van der Waals surface area contributed by atoms with Gasteiger partial charge in [-0.25, -0.2) is 0 Å². The second-order valence-corrected chi connectivity index (χ2v) is 9.67. The molecule has 1 aliphatic rings. The van der Waals surface area contributed by atoms with Crippen molar-refractivity contribution in [2.24, 2.45) is 0 Å². The molecule has 1 saturated heterocycles. The van der Waals surface area contributed by atoms with Gasteiger partial charge in [-0.2, -0.15) is 18.2 Å². The van der Waals surface area contributed by atoms with E-state index >= 15 is 0 Å². The maximum absolute atomic E-state index is 13.9. The van der Waals surface area contributed by atoms with Crippen molar-refractivity contribution >= 4 is 23.2 Å². The standard InChI is InChI=1S/C27H24ClF3N6O2/c1-36-9-11-37(12-10-36)16-19-4-6-20(14-22(19)27(29,30)31)33-25(38)17-5-7-23(28)21(13-17)26-34-24(35-39-26)18-3-2-8-32-15-18/h2-8,13-15H,9-12,16H2,1H3,(H,33,38). The van der Waals surface area contributed by atoms with Gasteiger partial charge in [0.15, 0.2) is 0 Å². The Morgan fingerprint density at radius 2 is 1.90 bits per heavy atom. The predicted molar refractivity (Wildman–Crippen MR) is 140 cm³/mol. The topological polar surface area (TPSA) is 87.4 Å². The number of benzene rings is 2. The number of likely N-dealkylation sites (N-methyl/N-ethyl adjacent to an activating group) is 1. The van der Waals surface area contributed by atoms with E-state index in [0.29, 0.717) is 30.0 Å². The van der Waals surface area contributed by atoms with Crippen LogP contribution in [-0.2, 0) is 12.7 Å². The summed E-state index contributed by atoms with van der Waals surface area (Å²) in [6.45, 7) is 3.16. The van der Waals surface area contributed by atoms with Crippen molar-refractivity contribution in [1.82, 2.24) is 24.9 Å². The van der Waals surface area contributed by atoms with Crippen LogP contribution in [0.4, 0.5) is 18.9 Å². The van der Waals surface area contributed by atoms with Gasteiger partial charge in [0.1, 0.15) is 0 Å². The summed E-state index contributed by atoms with van der Waals surface area (Å²) in [5, 5.41) is 6.76. The first-order chi connectivity index (χ1) is 18.7. The van der Waals surface area contributed by atoms with Gasteiger partial charge in [-0.05, 0) is 55.1 Å². The molecule has 4 aromatic rings. The van der Waals surface area contributed by atoms with Crippen molar-refractivity contribution in [3.05, 3.63) is 82.6 Å². The first-order valence-corrected chi connectivity index (χ1v) is 12.5. The van der Waals surface area contributed by atoms with Crippen molar-refractivity contribution in [3.63, 3.8) is 0 Å². The van der Waals surface area contributed by atoms with Crippen LogP contribution in [0.2, 0.25) is 5.02 Å². The first kappa shape index (κ1) is 26.8. The van der Waals surface area contributed by atoms with Crippen LogP contribution in [0, 0.1) is 0 Å². The number of hydrogen-bond acceptors (Lipinski definition) is 7. The molecule has 0 saturated carbocycles. The van der Waals surface area contributed by atoms with Crippen molar-refractivity contribution in [3.8, 4) is 22.8 Å². The van der Waals surface area contributed by atoms with E-state index in [2.05, 4.69) is 25.3 Å². The van der Waals surface area contributed by atoms with Gasteiger partial charge in [-0.15, -0.1) is 0 Å². The normalized spacial score (nSPS) is 14.9. The molecule has 1 amide bonds. The Hall–Kier alpha value is -3.80. The Bertz CT molecular complexity index is 1470. The summed E-state index contributed by atoms with van der Waals surface area (Å²) in [4.78, 5) is 25.5. The highest BCUT2D eigenvalue weighted by Crippen LogP contribution is 2.35. The van der Waals surface area contributed by atoms with Gasteiger partial charge in [0.25, 0.3) is 11.8 Å². The molecule has 1 N–H and O–H groups in total. The minimum atomic E-state index is -4.57. The molecule has 1 fully saturated rings. The fourth-order valence-corrected chi connectivity index (χ4v) is 4.48. The quantitative estimate of drug-likeness (QED) is 0.337. The van der Waals surface area contributed by atoms with E-state index in [1.165, 1.54) is 30.3 Å². The van der Waals surface area contributed by atoms with Crippen LogP contribution in [0.3, 0.4) is 0 Å². The van der Waals surface area contributed by atoms with Crippen molar-refractivity contribution < 1.29 is 22.5 Å². The van der Waals surface area contributed by atoms with Gasteiger partial charge in [0, 0.05) is 61.9 Å². The number of nitrogens with one attached hydrogen (secondary N) is 1. The number of aromatic nitrogens is 3. The molecule has 3 heterocycles. The summed E-state index contributed by atoms with van der Waals surface area (Å²) in [5.74, 6) is -0.235. The minimum Gasteiger partial charge on any atom is -0.334 e. The number of halogens is 4. The molecule has 0 radical (unpaired) electrons. The van der Waals surface area contributed by atoms with Crippen molar-refractivity contribution in [2.45, 2.75) is 12.7 Å². The maximum atomic E-state index is 13.9. The van der Waals surface area contributed by atoms with Crippen molar-refractivity contribution in [2.75, 3.05) is 38.5 Å². The molecule has 1 aliphatic heterocycles. The molecule has 0 unspecified atom stereocenters. The summed E-state index contributed by atoms with van der Waals surface area (Å²) in [6, 6.07) is 11.8. The number of pyridine rings is 1. The molecule has 202 valence electrons. The van der Waals surface area contributed by atoms with Crippen LogP contribution in [0.25, 0.3) is 22.8 Å². The smallest absolute Gasteiger partial charge is 0.334 e. The van der Waals surface area contributed by atoms with E-state index in [4.69, 9.17) is 16.1 Å². The number of nitrogens with zero attached hydrogens (tertiary/aromatic N) is 5. The third kappa shape index (κ3) is 6.27. The molecular formula is C27H24ClF3N6O2. The zero-order chi connectivity index (χ0) is 27.6. The summed E-state index contributed by atoms with van der Waals surface area (Å²) in [6.07, 6.45) is -1.38. The Morgan fingerprint density at radius 1 is 1.10 bits per heavy atom. The molecule has 2 aromatic carbocycles. The number of rotatable bonds is 6. The first-order valence-electron chi connectivity index (χ1n) is 12.1. The highest BCUT2D eigenvalue weighted by atomic mass is 35.5. The third-order valence-corrected chi connectivity index (χ3v) is 6.80. The molecule has 0 aliphatic carbocycles. The lowest BCUT2D eigenvalue weighted by Crippen LogP contribution is -2.44. The zero-order valence-corrected chi connectivity index (χ0v) is 21.6. The monoisotopic (exact) mass is 556 g/mol. The molecule has 0 bridgehead atoms. The zero-order valence-electron chi connectivity index (χ0n) is 20.9. The highest BCUT2D eigenvalue weighted by Gasteiger charge is 2.34. The molecule has 0 spiro atoms. The average molecular weight is 557 g/mol. The molecule has 0 atom stereocenters. The van der Waals surface area contributed by atoms with Crippen molar-refractivity contribution in [1.29, 1.82) is 0 Å². The summed E-state index contributed by atoms with van der Waals surface area (Å²) in [5.41, 5.74) is 0.525. The number of carbonyl (C=O) groups is 1. The van der Waals surface area contributed by atoms with E-state index in [-0.39, 0.29) is 34.3 Å². The summed E-state index contributed by atoms with van der Waals surface area (Å²) in [7, 11) is 1.99. The number of hydrogen-bond donors (Lipinski definition) is 1. The van der Waals surface area contributed by atoms with Crippen LogP contribution in [0.5, 0.6) is 0 Å². The molecule has 39 heavy (non-hydrogen) atoms. The van der Waals surface area contributed by atoms with Crippen LogP contribution in [0.15, 0.2) is 65.4 Å². The second-order valence-electron chi connectivity index (χ2n) is 9.26.